The Morgan fingerprint density at radius 2 is 1.95 bits per heavy atom. The Balaban J connectivity index is 2.34. The molecule has 0 bridgehead atoms. The molecule has 0 aliphatic carbocycles. The maximum absolute atomic E-state index is 12.3. The number of carbonyl (C=O) groups excluding carboxylic acids is 1. The molecule has 1 unspecified atom stereocenters. The maximum Gasteiger partial charge on any atom is 0.329 e. The zero-order valence-electron chi connectivity index (χ0n) is 12.0. The first-order valence-corrected chi connectivity index (χ1v) is 7.06. The minimum atomic E-state index is -1.08. The van der Waals surface area contributed by atoms with Crippen LogP contribution in [0.5, 0.6) is 0 Å². The molecule has 1 saturated heterocycles. The third-order valence-corrected chi connectivity index (χ3v) is 3.99. The first-order chi connectivity index (χ1) is 9.47. The molecule has 0 aromatic heterocycles. The van der Waals surface area contributed by atoms with Crippen LogP contribution in [0.4, 0.5) is 0 Å². The Hall–Kier alpha value is -1.84. The number of carbonyl (C=O) groups is 2. The fourth-order valence-electron chi connectivity index (χ4n) is 2.93. The maximum atomic E-state index is 12.3. The first kappa shape index (κ1) is 14.6. The van der Waals surface area contributed by atoms with Crippen molar-refractivity contribution in [3.05, 3.63) is 35.9 Å². The number of amides is 1. The number of rotatable bonds is 4. The van der Waals surface area contributed by atoms with E-state index < -0.39 is 11.5 Å². The fourth-order valence-corrected chi connectivity index (χ4v) is 2.93. The van der Waals surface area contributed by atoms with Gasteiger partial charge in [0, 0.05) is 18.9 Å². The van der Waals surface area contributed by atoms with E-state index in [0.29, 0.717) is 19.4 Å². The molecule has 1 heterocycles. The van der Waals surface area contributed by atoms with Gasteiger partial charge in [-0.1, -0.05) is 44.2 Å². The molecule has 1 amide bonds. The lowest BCUT2D eigenvalue weighted by Crippen LogP contribution is -2.55. The van der Waals surface area contributed by atoms with Crippen LogP contribution in [0.2, 0.25) is 0 Å². The molecule has 20 heavy (non-hydrogen) atoms. The number of hydrogen-bond acceptors (Lipinski definition) is 2. The summed E-state index contributed by atoms with van der Waals surface area (Å²) in [5.41, 5.74) is -0.124. The van der Waals surface area contributed by atoms with Crippen LogP contribution < -0.4 is 0 Å². The lowest BCUT2D eigenvalue weighted by atomic mass is 9.87. The molecular weight excluding hydrogens is 254 g/mol. The van der Waals surface area contributed by atoms with E-state index in [-0.39, 0.29) is 11.8 Å². The van der Waals surface area contributed by atoms with Crippen LogP contribution in [0.1, 0.15) is 32.3 Å². The molecule has 1 fully saturated rings. The topological polar surface area (TPSA) is 57.6 Å². The highest BCUT2D eigenvalue weighted by Gasteiger charge is 2.50. The molecule has 108 valence electrons. The van der Waals surface area contributed by atoms with Crippen LogP contribution in [0, 0.1) is 5.92 Å². The number of carboxylic acid groups (broad SMARTS) is 1. The lowest BCUT2D eigenvalue weighted by Gasteiger charge is -2.36. The summed E-state index contributed by atoms with van der Waals surface area (Å²) >= 11 is 0. The Morgan fingerprint density at radius 1 is 1.30 bits per heavy atom. The summed E-state index contributed by atoms with van der Waals surface area (Å²) in [5.74, 6) is -1.14. The Morgan fingerprint density at radius 3 is 2.50 bits per heavy atom. The monoisotopic (exact) mass is 275 g/mol. The van der Waals surface area contributed by atoms with Crippen LogP contribution in [0.15, 0.2) is 30.3 Å². The van der Waals surface area contributed by atoms with Crippen LogP contribution in [-0.4, -0.2) is 34.0 Å². The van der Waals surface area contributed by atoms with E-state index in [4.69, 9.17) is 0 Å². The van der Waals surface area contributed by atoms with E-state index in [1.165, 1.54) is 0 Å². The number of likely N-dealkylation sites (tertiary alicyclic amines) is 1. The second-order valence-corrected chi connectivity index (χ2v) is 5.75. The smallest absolute Gasteiger partial charge is 0.329 e. The van der Waals surface area contributed by atoms with Gasteiger partial charge in [0.2, 0.25) is 5.91 Å². The lowest BCUT2D eigenvalue weighted by molar-refractivity contribution is -0.157. The van der Waals surface area contributed by atoms with Crippen LogP contribution in [0.3, 0.4) is 0 Å². The standard InChI is InChI=1S/C16H21NO3/c1-12(2)14(18)17-10-6-9-16(17,15(19)20)11-13-7-4-3-5-8-13/h3-5,7-8,12H,6,9-11H2,1-2H3,(H,19,20). The van der Waals surface area contributed by atoms with Crippen molar-refractivity contribution in [1.82, 2.24) is 4.90 Å². The number of aliphatic carboxylic acids is 1. The molecule has 1 aliphatic heterocycles. The summed E-state index contributed by atoms with van der Waals surface area (Å²) in [6.07, 6.45) is 1.65. The normalized spacial score (nSPS) is 22.2. The molecule has 1 atom stereocenters. The Labute approximate surface area is 119 Å². The third-order valence-electron chi connectivity index (χ3n) is 3.99. The number of carboxylic acids is 1. The summed E-state index contributed by atoms with van der Waals surface area (Å²) in [6.45, 7) is 4.17. The molecule has 0 radical (unpaired) electrons. The highest BCUT2D eigenvalue weighted by atomic mass is 16.4. The van der Waals surface area contributed by atoms with E-state index in [1.54, 1.807) is 4.90 Å². The summed E-state index contributed by atoms with van der Waals surface area (Å²) < 4.78 is 0. The minimum absolute atomic E-state index is 0.0687. The Bertz CT molecular complexity index is 498. The van der Waals surface area contributed by atoms with Gasteiger partial charge in [-0.05, 0) is 18.4 Å². The molecule has 1 aromatic rings. The van der Waals surface area contributed by atoms with Crippen molar-refractivity contribution in [1.29, 1.82) is 0 Å². The molecule has 0 saturated carbocycles. The average molecular weight is 275 g/mol. The van der Waals surface area contributed by atoms with Gasteiger partial charge in [-0.25, -0.2) is 4.79 Å². The van der Waals surface area contributed by atoms with Crippen LogP contribution in [0.25, 0.3) is 0 Å². The molecule has 0 spiro atoms. The van der Waals surface area contributed by atoms with Gasteiger partial charge in [-0.2, -0.15) is 0 Å². The van der Waals surface area contributed by atoms with Crippen molar-refractivity contribution in [2.45, 2.75) is 38.6 Å². The minimum Gasteiger partial charge on any atom is -0.479 e. The van der Waals surface area contributed by atoms with E-state index >= 15 is 0 Å². The zero-order valence-corrected chi connectivity index (χ0v) is 12.0. The zero-order chi connectivity index (χ0) is 14.8. The molecule has 4 heteroatoms. The number of nitrogens with zero attached hydrogens (tertiary/aromatic N) is 1. The van der Waals surface area contributed by atoms with Crippen molar-refractivity contribution < 1.29 is 14.7 Å². The summed E-state index contributed by atoms with van der Waals surface area (Å²) in [4.78, 5) is 25.8. The second kappa shape index (κ2) is 5.65. The van der Waals surface area contributed by atoms with Gasteiger partial charge in [0.1, 0.15) is 5.54 Å². The van der Waals surface area contributed by atoms with Gasteiger partial charge in [-0.15, -0.1) is 0 Å². The second-order valence-electron chi connectivity index (χ2n) is 5.75. The quantitative estimate of drug-likeness (QED) is 0.917. The van der Waals surface area contributed by atoms with Crippen molar-refractivity contribution in [3.8, 4) is 0 Å². The first-order valence-electron chi connectivity index (χ1n) is 7.06. The van der Waals surface area contributed by atoms with Gasteiger partial charge in [-0.3, -0.25) is 4.79 Å². The van der Waals surface area contributed by atoms with E-state index in [1.807, 2.05) is 44.2 Å². The van der Waals surface area contributed by atoms with Crippen molar-refractivity contribution in [2.75, 3.05) is 6.54 Å². The van der Waals surface area contributed by atoms with Gasteiger partial charge in [0.15, 0.2) is 0 Å². The van der Waals surface area contributed by atoms with E-state index in [9.17, 15) is 14.7 Å². The van der Waals surface area contributed by atoms with Gasteiger partial charge >= 0.3 is 5.97 Å². The molecule has 1 aliphatic rings. The number of hydrogen-bond donors (Lipinski definition) is 1. The van der Waals surface area contributed by atoms with E-state index in [0.717, 1.165) is 12.0 Å². The molecule has 4 nitrogen and oxygen atoms in total. The SMILES string of the molecule is CC(C)C(=O)N1CCCC1(Cc1ccccc1)C(=O)O. The van der Waals surface area contributed by atoms with Crippen molar-refractivity contribution in [2.24, 2.45) is 5.92 Å². The summed E-state index contributed by atoms with van der Waals surface area (Å²) in [7, 11) is 0. The van der Waals surface area contributed by atoms with Crippen molar-refractivity contribution >= 4 is 11.9 Å². The largest absolute Gasteiger partial charge is 0.479 e. The molecule has 1 aromatic carbocycles. The highest BCUT2D eigenvalue weighted by Crippen LogP contribution is 2.34. The highest BCUT2D eigenvalue weighted by molar-refractivity contribution is 5.88. The van der Waals surface area contributed by atoms with Crippen LogP contribution >= 0.6 is 0 Å². The fraction of sp³-hybridized carbons (Fsp3) is 0.500. The van der Waals surface area contributed by atoms with Gasteiger partial charge < -0.3 is 10.0 Å². The number of benzene rings is 1. The predicted molar refractivity (Wildman–Crippen MR) is 76.3 cm³/mol. The van der Waals surface area contributed by atoms with Gasteiger partial charge in [0.25, 0.3) is 0 Å². The third kappa shape index (κ3) is 2.55. The van der Waals surface area contributed by atoms with Crippen LogP contribution in [-0.2, 0) is 16.0 Å². The predicted octanol–water partition coefficient (Wildman–Crippen LogP) is 2.33. The van der Waals surface area contributed by atoms with Gasteiger partial charge in [0.05, 0.1) is 0 Å². The summed E-state index contributed by atoms with van der Waals surface area (Å²) in [5, 5.41) is 9.73. The van der Waals surface area contributed by atoms with E-state index in [2.05, 4.69) is 0 Å². The molecular formula is C16H21NO3. The van der Waals surface area contributed by atoms with Crippen molar-refractivity contribution in [3.63, 3.8) is 0 Å². The summed E-state index contributed by atoms with van der Waals surface area (Å²) in [6, 6.07) is 9.54. The molecule has 2 rings (SSSR count). The average Bonchev–Trinajstić information content (AvgIpc) is 2.83. The Kier molecular flexibility index (Phi) is 4.12. The molecule has 1 N–H and O–H groups in total.